The Labute approximate surface area is 84.4 Å². The van der Waals surface area contributed by atoms with E-state index in [0.717, 1.165) is 0 Å². The highest BCUT2D eigenvalue weighted by atomic mass is 16.1. The second-order valence-corrected chi connectivity index (χ2v) is 3.68. The van der Waals surface area contributed by atoms with E-state index < -0.39 is 0 Å². The number of rotatable bonds is 3. The average molecular weight is 187 g/mol. The molecule has 0 aliphatic carbocycles. The fourth-order valence-electron chi connectivity index (χ4n) is 1.21. The Bertz CT molecular complexity index is 357. The molecule has 2 nitrogen and oxygen atoms in total. The van der Waals surface area contributed by atoms with Gasteiger partial charge in [-0.1, -0.05) is 38.1 Å². The number of ketones is 1. The minimum Gasteiger partial charge on any atom is -0.294 e. The Balaban J connectivity index is 2.78. The standard InChI is InChI=1S/C12H13NO/c1-9(2)8-12(14)10-4-6-11(13-3)7-5-10/h4-7,9H,8H2,1-2H3. The summed E-state index contributed by atoms with van der Waals surface area (Å²) in [5, 5.41) is 0. The maximum absolute atomic E-state index is 11.6. The van der Waals surface area contributed by atoms with E-state index in [1.54, 1.807) is 24.3 Å². The monoisotopic (exact) mass is 187 g/mol. The van der Waals surface area contributed by atoms with Gasteiger partial charge in [-0.2, -0.15) is 0 Å². The summed E-state index contributed by atoms with van der Waals surface area (Å²) in [6.45, 7) is 10.8. The van der Waals surface area contributed by atoms with Gasteiger partial charge in [-0.25, -0.2) is 4.85 Å². The van der Waals surface area contributed by atoms with Gasteiger partial charge in [0.2, 0.25) is 0 Å². The van der Waals surface area contributed by atoms with E-state index in [1.165, 1.54) is 0 Å². The maximum Gasteiger partial charge on any atom is 0.187 e. The molecular formula is C12H13NO. The van der Waals surface area contributed by atoms with Gasteiger partial charge in [0.25, 0.3) is 0 Å². The van der Waals surface area contributed by atoms with Crippen molar-refractivity contribution in [2.24, 2.45) is 5.92 Å². The van der Waals surface area contributed by atoms with Gasteiger partial charge < -0.3 is 0 Å². The summed E-state index contributed by atoms with van der Waals surface area (Å²) >= 11 is 0. The molecular weight excluding hydrogens is 174 g/mol. The lowest BCUT2D eigenvalue weighted by Gasteiger charge is -2.03. The molecule has 0 amide bonds. The molecule has 1 aromatic rings. The molecule has 1 aromatic carbocycles. The molecule has 0 atom stereocenters. The molecule has 0 saturated heterocycles. The normalized spacial score (nSPS) is 9.86. The van der Waals surface area contributed by atoms with Crippen LogP contribution in [0.15, 0.2) is 24.3 Å². The van der Waals surface area contributed by atoms with Crippen molar-refractivity contribution in [2.75, 3.05) is 0 Å². The summed E-state index contributed by atoms with van der Waals surface area (Å²) in [6.07, 6.45) is 0.567. The van der Waals surface area contributed by atoms with E-state index >= 15 is 0 Å². The van der Waals surface area contributed by atoms with Crippen LogP contribution >= 0.6 is 0 Å². The molecule has 0 aromatic heterocycles. The first-order valence-electron chi connectivity index (χ1n) is 4.64. The molecule has 14 heavy (non-hydrogen) atoms. The van der Waals surface area contributed by atoms with Crippen LogP contribution in [0.25, 0.3) is 4.85 Å². The van der Waals surface area contributed by atoms with Gasteiger partial charge in [0, 0.05) is 12.0 Å². The second-order valence-electron chi connectivity index (χ2n) is 3.68. The SMILES string of the molecule is [C-]#[N+]c1ccc(C(=O)CC(C)C)cc1. The number of carbonyl (C=O) groups excluding carboxylic acids is 1. The van der Waals surface area contributed by atoms with Gasteiger partial charge in [-0.3, -0.25) is 4.79 Å². The summed E-state index contributed by atoms with van der Waals surface area (Å²) < 4.78 is 0. The van der Waals surface area contributed by atoms with E-state index in [1.807, 2.05) is 13.8 Å². The van der Waals surface area contributed by atoms with Crippen molar-refractivity contribution in [1.82, 2.24) is 0 Å². The molecule has 72 valence electrons. The van der Waals surface area contributed by atoms with Gasteiger partial charge in [0.05, 0.1) is 6.57 Å². The zero-order chi connectivity index (χ0) is 10.6. The van der Waals surface area contributed by atoms with Crippen molar-refractivity contribution in [2.45, 2.75) is 20.3 Å². The highest BCUT2D eigenvalue weighted by molar-refractivity contribution is 5.96. The molecule has 0 bridgehead atoms. The first-order chi connectivity index (χ1) is 6.63. The predicted molar refractivity (Wildman–Crippen MR) is 56.5 cm³/mol. The van der Waals surface area contributed by atoms with Crippen LogP contribution in [-0.2, 0) is 0 Å². The van der Waals surface area contributed by atoms with Crippen molar-refractivity contribution in [3.63, 3.8) is 0 Å². The van der Waals surface area contributed by atoms with E-state index in [2.05, 4.69) is 4.85 Å². The Morgan fingerprint density at radius 3 is 2.36 bits per heavy atom. The third kappa shape index (κ3) is 2.70. The molecule has 0 fully saturated rings. The summed E-state index contributed by atoms with van der Waals surface area (Å²) in [4.78, 5) is 14.8. The van der Waals surface area contributed by atoms with Crippen LogP contribution in [0.5, 0.6) is 0 Å². The lowest BCUT2D eigenvalue weighted by Crippen LogP contribution is -2.02. The molecule has 0 spiro atoms. The highest BCUT2D eigenvalue weighted by Gasteiger charge is 2.07. The molecule has 0 heterocycles. The molecule has 0 unspecified atom stereocenters. The lowest BCUT2D eigenvalue weighted by molar-refractivity contribution is 0.0968. The maximum atomic E-state index is 11.6. The molecule has 0 N–H and O–H groups in total. The highest BCUT2D eigenvalue weighted by Crippen LogP contribution is 2.15. The summed E-state index contributed by atoms with van der Waals surface area (Å²) in [7, 11) is 0. The predicted octanol–water partition coefficient (Wildman–Crippen LogP) is 3.47. The molecule has 1 rings (SSSR count). The minimum absolute atomic E-state index is 0.150. The van der Waals surface area contributed by atoms with Crippen molar-refractivity contribution < 1.29 is 4.79 Å². The number of Topliss-reactive ketones (excluding diaryl/α,β-unsaturated/α-hetero) is 1. The Morgan fingerprint density at radius 2 is 1.93 bits per heavy atom. The quantitative estimate of drug-likeness (QED) is 0.524. The average Bonchev–Trinajstić information content (AvgIpc) is 2.17. The van der Waals surface area contributed by atoms with Crippen LogP contribution < -0.4 is 0 Å². The fraction of sp³-hybridized carbons (Fsp3) is 0.333. The summed E-state index contributed by atoms with van der Waals surface area (Å²) in [5.74, 6) is 0.527. The van der Waals surface area contributed by atoms with Crippen molar-refractivity contribution in [3.05, 3.63) is 41.2 Å². The molecule has 2 heteroatoms. The van der Waals surface area contributed by atoms with E-state index in [4.69, 9.17) is 6.57 Å². The van der Waals surface area contributed by atoms with Crippen molar-refractivity contribution in [3.8, 4) is 0 Å². The first-order valence-corrected chi connectivity index (χ1v) is 4.64. The van der Waals surface area contributed by atoms with E-state index in [0.29, 0.717) is 23.6 Å². The van der Waals surface area contributed by atoms with Gasteiger partial charge >= 0.3 is 0 Å². The Kier molecular flexibility index (Phi) is 3.41. The van der Waals surface area contributed by atoms with Crippen LogP contribution in [0.2, 0.25) is 0 Å². The van der Waals surface area contributed by atoms with Gasteiger partial charge in [0.1, 0.15) is 0 Å². The van der Waals surface area contributed by atoms with Crippen LogP contribution in [0, 0.1) is 12.5 Å². The smallest absolute Gasteiger partial charge is 0.187 e. The van der Waals surface area contributed by atoms with Crippen LogP contribution in [0.1, 0.15) is 30.6 Å². The Hall–Kier alpha value is -1.62. The van der Waals surface area contributed by atoms with Gasteiger partial charge in [-0.05, 0) is 5.92 Å². The third-order valence-corrected chi connectivity index (χ3v) is 1.91. The first kappa shape index (κ1) is 10.5. The van der Waals surface area contributed by atoms with E-state index in [9.17, 15) is 4.79 Å². The van der Waals surface area contributed by atoms with Crippen LogP contribution in [-0.4, -0.2) is 5.78 Å². The van der Waals surface area contributed by atoms with Crippen LogP contribution in [0.3, 0.4) is 0 Å². The molecule has 0 aliphatic rings. The largest absolute Gasteiger partial charge is 0.294 e. The van der Waals surface area contributed by atoms with E-state index in [-0.39, 0.29) is 5.78 Å². The molecule has 0 saturated carbocycles. The minimum atomic E-state index is 0.150. The number of benzene rings is 1. The summed E-state index contributed by atoms with van der Waals surface area (Å²) in [5.41, 5.74) is 1.28. The molecule has 0 radical (unpaired) electrons. The van der Waals surface area contributed by atoms with Crippen molar-refractivity contribution in [1.29, 1.82) is 0 Å². The number of carbonyl (C=O) groups is 1. The third-order valence-electron chi connectivity index (χ3n) is 1.91. The van der Waals surface area contributed by atoms with Crippen molar-refractivity contribution >= 4 is 11.5 Å². The second kappa shape index (κ2) is 4.57. The zero-order valence-electron chi connectivity index (χ0n) is 8.45. The fourth-order valence-corrected chi connectivity index (χ4v) is 1.21. The van der Waals surface area contributed by atoms with Gasteiger partial charge in [-0.15, -0.1) is 0 Å². The lowest BCUT2D eigenvalue weighted by atomic mass is 10.0. The number of hydrogen-bond acceptors (Lipinski definition) is 1. The zero-order valence-corrected chi connectivity index (χ0v) is 8.45. The van der Waals surface area contributed by atoms with Crippen LogP contribution in [0.4, 0.5) is 5.69 Å². The topological polar surface area (TPSA) is 21.4 Å². The number of hydrogen-bond donors (Lipinski definition) is 0. The van der Waals surface area contributed by atoms with Gasteiger partial charge in [0.15, 0.2) is 11.5 Å². The molecule has 0 aliphatic heterocycles. The Morgan fingerprint density at radius 1 is 1.36 bits per heavy atom. The summed E-state index contributed by atoms with van der Waals surface area (Å²) in [6, 6.07) is 6.80. The number of nitrogens with zero attached hydrogens (tertiary/aromatic N) is 1.